The zero-order valence-corrected chi connectivity index (χ0v) is 9.08. The number of thiophene rings is 1. The van der Waals surface area contributed by atoms with Crippen molar-refractivity contribution in [1.29, 1.82) is 0 Å². The van der Waals surface area contributed by atoms with Gasteiger partial charge in [0.05, 0.1) is 4.34 Å². The molecule has 0 atom stereocenters. The number of aryl methyl sites for hydroxylation is 1. The Bertz CT molecular complexity index is 515. The summed E-state index contributed by atoms with van der Waals surface area (Å²) in [6.45, 7) is 1.86. The Labute approximate surface area is 90.2 Å². The van der Waals surface area contributed by atoms with Gasteiger partial charge in [0.15, 0.2) is 0 Å². The van der Waals surface area contributed by atoms with Gasteiger partial charge in [-0.05, 0) is 30.7 Å². The van der Waals surface area contributed by atoms with Crippen LogP contribution in [0.5, 0.6) is 0 Å². The fourth-order valence-corrected chi connectivity index (χ4v) is 2.32. The van der Waals surface area contributed by atoms with Gasteiger partial charge in [-0.2, -0.15) is 0 Å². The van der Waals surface area contributed by atoms with Gasteiger partial charge >= 0.3 is 0 Å². The van der Waals surface area contributed by atoms with Crippen molar-refractivity contribution in [3.8, 4) is 10.4 Å². The fraction of sp³-hybridized carbons (Fsp3) is 0.100. The van der Waals surface area contributed by atoms with Crippen molar-refractivity contribution in [2.45, 2.75) is 6.92 Å². The van der Waals surface area contributed by atoms with E-state index in [1.807, 2.05) is 25.1 Å². The van der Waals surface area contributed by atoms with Crippen molar-refractivity contribution in [3.05, 3.63) is 44.6 Å². The molecule has 0 fully saturated rings. The standard InChI is InChI=1S/C10H8ClNOS/c1-6-4-7(5-10(13)12-6)8-2-3-9(11)14-8/h2-5H,1H3,(H,12,13). The van der Waals surface area contributed by atoms with E-state index in [1.54, 1.807) is 6.07 Å². The summed E-state index contributed by atoms with van der Waals surface area (Å²) in [5, 5.41) is 0. The number of pyridine rings is 1. The summed E-state index contributed by atoms with van der Waals surface area (Å²) in [5.74, 6) is 0. The molecule has 72 valence electrons. The highest BCUT2D eigenvalue weighted by molar-refractivity contribution is 7.19. The summed E-state index contributed by atoms with van der Waals surface area (Å²) in [6, 6.07) is 7.26. The van der Waals surface area contributed by atoms with Crippen LogP contribution in [0.25, 0.3) is 10.4 Å². The Morgan fingerprint density at radius 3 is 2.71 bits per heavy atom. The first kappa shape index (κ1) is 9.49. The number of hydrogen-bond donors (Lipinski definition) is 1. The minimum atomic E-state index is -0.0791. The smallest absolute Gasteiger partial charge is 0.248 e. The van der Waals surface area contributed by atoms with Gasteiger partial charge in [-0.1, -0.05) is 11.6 Å². The van der Waals surface area contributed by atoms with Crippen molar-refractivity contribution in [2.75, 3.05) is 0 Å². The Hall–Kier alpha value is -1.06. The molecule has 14 heavy (non-hydrogen) atoms. The van der Waals surface area contributed by atoms with E-state index in [4.69, 9.17) is 11.6 Å². The van der Waals surface area contributed by atoms with Crippen LogP contribution in [-0.2, 0) is 0 Å². The molecule has 2 heterocycles. The van der Waals surface area contributed by atoms with E-state index in [9.17, 15) is 4.79 Å². The first-order valence-corrected chi connectivity index (χ1v) is 5.31. The molecule has 0 amide bonds. The van der Waals surface area contributed by atoms with Crippen LogP contribution in [-0.4, -0.2) is 4.98 Å². The van der Waals surface area contributed by atoms with Gasteiger partial charge in [0.2, 0.25) is 5.56 Å². The zero-order valence-electron chi connectivity index (χ0n) is 7.50. The van der Waals surface area contributed by atoms with Crippen LogP contribution in [0.1, 0.15) is 5.69 Å². The molecular weight excluding hydrogens is 218 g/mol. The Balaban J connectivity index is 2.56. The van der Waals surface area contributed by atoms with Gasteiger partial charge in [-0.3, -0.25) is 4.79 Å². The van der Waals surface area contributed by atoms with Crippen molar-refractivity contribution < 1.29 is 0 Å². The van der Waals surface area contributed by atoms with E-state index in [-0.39, 0.29) is 5.56 Å². The van der Waals surface area contributed by atoms with Crippen LogP contribution < -0.4 is 5.56 Å². The van der Waals surface area contributed by atoms with Gasteiger partial charge in [0, 0.05) is 16.6 Å². The lowest BCUT2D eigenvalue weighted by Gasteiger charge is -1.97. The van der Waals surface area contributed by atoms with Crippen LogP contribution in [0.2, 0.25) is 4.34 Å². The molecule has 2 nitrogen and oxygen atoms in total. The number of rotatable bonds is 1. The first-order chi connectivity index (χ1) is 6.65. The predicted molar refractivity (Wildman–Crippen MR) is 60.1 cm³/mol. The third-order valence-electron chi connectivity index (χ3n) is 1.84. The molecular formula is C10H8ClNOS. The third kappa shape index (κ3) is 1.89. The molecule has 2 aromatic heterocycles. The molecule has 0 bridgehead atoms. The van der Waals surface area contributed by atoms with Gasteiger partial charge < -0.3 is 4.98 Å². The molecule has 2 rings (SSSR count). The number of aromatic amines is 1. The van der Waals surface area contributed by atoms with Gasteiger partial charge in [-0.15, -0.1) is 11.3 Å². The largest absolute Gasteiger partial charge is 0.326 e. The first-order valence-electron chi connectivity index (χ1n) is 4.12. The second-order valence-electron chi connectivity index (χ2n) is 3.02. The van der Waals surface area contributed by atoms with Crippen LogP contribution in [0.4, 0.5) is 0 Å². The van der Waals surface area contributed by atoms with Crippen molar-refractivity contribution >= 4 is 22.9 Å². The molecule has 0 aliphatic rings. The lowest BCUT2D eigenvalue weighted by atomic mass is 10.2. The normalized spacial score (nSPS) is 10.4. The van der Waals surface area contributed by atoms with Gasteiger partial charge in [-0.25, -0.2) is 0 Å². The summed E-state index contributed by atoms with van der Waals surface area (Å²) >= 11 is 7.29. The monoisotopic (exact) mass is 225 g/mol. The molecule has 0 spiro atoms. The Morgan fingerprint density at radius 1 is 1.36 bits per heavy atom. The minimum Gasteiger partial charge on any atom is -0.326 e. The maximum absolute atomic E-state index is 11.2. The summed E-state index contributed by atoms with van der Waals surface area (Å²) in [5.41, 5.74) is 1.70. The highest BCUT2D eigenvalue weighted by Gasteiger charge is 2.02. The molecule has 0 saturated heterocycles. The van der Waals surface area contributed by atoms with Crippen LogP contribution >= 0.6 is 22.9 Å². The summed E-state index contributed by atoms with van der Waals surface area (Å²) in [7, 11) is 0. The maximum atomic E-state index is 11.2. The predicted octanol–water partition coefficient (Wildman–Crippen LogP) is 3.07. The average molecular weight is 226 g/mol. The van der Waals surface area contributed by atoms with Gasteiger partial charge in [0.25, 0.3) is 0 Å². The average Bonchev–Trinajstić information content (AvgIpc) is 2.50. The molecule has 0 aliphatic heterocycles. The molecule has 4 heteroatoms. The van der Waals surface area contributed by atoms with Crippen LogP contribution in [0.15, 0.2) is 29.1 Å². The van der Waals surface area contributed by atoms with E-state index in [2.05, 4.69) is 4.98 Å². The van der Waals surface area contributed by atoms with Crippen LogP contribution in [0.3, 0.4) is 0 Å². The molecule has 1 N–H and O–H groups in total. The number of aromatic nitrogens is 1. The van der Waals surface area contributed by atoms with Crippen molar-refractivity contribution in [1.82, 2.24) is 4.98 Å². The lowest BCUT2D eigenvalue weighted by molar-refractivity contribution is 1.15. The highest BCUT2D eigenvalue weighted by atomic mass is 35.5. The summed E-state index contributed by atoms with van der Waals surface area (Å²) < 4.78 is 0.734. The summed E-state index contributed by atoms with van der Waals surface area (Å²) in [4.78, 5) is 14.9. The molecule has 0 aromatic carbocycles. The van der Waals surface area contributed by atoms with Crippen molar-refractivity contribution in [2.24, 2.45) is 0 Å². The Kier molecular flexibility index (Phi) is 2.44. The minimum absolute atomic E-state index is 0.0791. The molecule has 2 aromatic rings. The van der Waals surface area contributed by atoms with Crippen LogP contribution in [0, 0.1) is 6.92 Å². The quantitative estimate of drug-likeness (QED) is 0.795. The summed E-state index contributed by atoms with van der Waals surface area (Å²) in [6.07, 6.45) is 0. The fourth-order valence-electron chi connectivity index (χ4n) is 1.29. The number of nitrogens with one attached hydrogen (secondary N) is 1. The third-order valence-corrected chi connectivity index (χ3v) is 3.12. The molecule has 0 aliphatic carbocycles. The maximum Gasteiger partial charge on any atom is 0.248 e. The van der Waals surface area contributed by atoms with E-state index >= 15 is 0 Å². The van der Waals surface area contributed by atoms with E-state index in [1.165, 1.54) is 11.3 Å². The SMILES string of the molecule is Cc1cc(-c2ccc(Cl)s2)cc(=O)[nH]1. The molecule has 0 radical (unpaired) electrons. The second-order valence-corrected chi connectivity index (χ2v) is 4.74. The zero-order chi connectivity index (χ0) is 10.1. The Morgan fingerprint density at radius 2 is 2.14 bits per heavy atom. The molecule has 0 unspecified atom stereocenters. The number of hydrogen-bond acceptors (Lipinski definition) is 2. The van der Waals surface area contributed by atoms with E-state index < -0.39 is 0 Å². The number of halogens is 1. The van der Waals surface area contributed by atoms with Gasteiger partial charge in [0.1, 0.15) is 0 Å². The van der Waals surface area contributed by atoms with E-state index in [0.29, 0.717) is 0 Å². The van der Waals surface area contributed by atoms with Crippen molar-refractivity contribution in [3.63, 3.8) is 0 Å². The molecule has 0 saturated carbocycles. The lowest BCUT2D eigenvalue weighted by Crippen LogP contribution is -2.05. The highest BCUT2D eigenvalue weighted by Crippen LogP contribution is 2.30. The van der Waals surface area contributed by atoms with E-state index in [0.717, 1.165) is 20.5 Å². The second kappa shape index (κ2) is 3.59. The topological polar surface area (TPSA) is 32.9 Å². The number of H-pyrrole nitrogens is 1.